The lowest BCUT2D eigenvalue weighted by molar-refractivity contribution is 0.222. The summed E-state index contributed by atoms with van der Waals surface area (Å²) in [5.41, 5.74) is 2.09. The summed E-state index contributed by atoms with van der Waals surface area (Å²) in [6.45, 7) is 2.76. The first-order chi connectivity index (χ1) is 9.72. The standard InChI is InChI=1S/C16H17FN2O/c1-11(15-7-6-13(17)9-19-15)18-10-14-8-12-4-2-3-5-16(12)20-14/h2-7,9,11,14,18H,8,10H2,1H3. The fraction of sp³-hybridized carbons (Fsp3) is 0.312. The minimum absolute atomic E-state index is 0.0721. The highest BCUT2D eigenvalue weighted by Gasteiger charge is 2.22. The van der Waals surface area contributed by atoms with Crippen molar-refractivity contribution in [1.82, 2.24) is 10.3 Å². The normalized spacial score (nSPS) is 18.4. The molecule has 2 aromatic rings. The van der Waals surface area contributed by atoms with E-state index in [1.54, 1.807) is 6.07 Å². The van der Waals surface area contributed by atoms with E-state index in [9.17, 15) is 4.39 Å². The van der Waals surface area contributed by atoms with Gasteiger partial charge in [0.1, 0.15) is 17.7 Å². The maximum Gasteiger partial charge on any atom is 0.141 e. The number of aromatic nitrogens is 1. The summed E-state index contributed by atoms with van der Waals surface area (Å²) in [6, 6.07) is 11.3. The van der Waals surface area contributed by atoms with Crippen molar-refractivity contribution in [3.05, 3.63) is 59.7 Å². The molecule has 2 atom stereocenters. The Hall–Kier alpha value is -1.94. The minimum atomic E-state index is -0.310. The van der Waals surface area contributed by atoms with E-state index in [-0.39, 0.29) is 18.0 Å². The van der Waals surface area contributed by atoms with Gasteiger partial charge in [0.05, 0.1) is 11.9 Å². The van der Waals surface area contributed by atoms with Gasteiger partial charge in [-0.05, 0) is 30.7 Å². The van der Waals surface area contributed by atoms with Crippen molar-refractivity contribution in [2.24, 2.45) is 0 Å². The molecular weight excluding hydrogens is 255 g/mol. The molecule has 0 spiro atoms. The van der Waals surface area contributed by atoms with E-state index in [1.165, 1.54) is 17.8 Å². The number of pyridine rings is 1. The molecule has 3 rings (SSSR count). The van der Waals surface area contributed by atoms with Crippen LogP contribution in [0.3, 0.4) is 0 Å². The van der Waals surface area contributed by atoms with Crippen molar-refractivity contribution >= 4 is 0 Å². The Kier molecular flexibility index (Phi) is 3.65. The first-order valence-electron chi connectivity index (χ1n) is 6.82. The molecule has 2 unspecified atom stereocenters. The predicted octanol–water partition coefficient (Wildman–Crippen LogP) is 2.88. The molecule has 4 heteroatoms. The molecule has 1 aliphatic rings. The second-order valence-corrected chi connectivity index (χ2v) is 5.08. The van der Waals surface area contributed by atoms with E-state index in [4.69, 9.17) is 4.74 Å². The molecule has 104 valence electrons. The average molecular weight is 272 g/mol. The molecule has 0 radical (unpaired) electrons. The van der Waals surface area contributed by atoms with E-state index >= 15 is 0 Å². The third kappa shape index (κ3) is 2.80. The quantitative estimate of drug-likeness (QED) is 0.929. The molecule has 3 nitrogen and oxygen atoms in total. The molecule has 1 aliphatic heterocycles. The molecule has 0 amide bonds. The molecular formula is C16H17FN2O. The summed E-state index contributed by atoms with van der Waals surface area (Å²) in [5, 5.41) is 3.39. The summed E-state index contributed by atoms with van der Waals surface area (Å²) in [4.78, 5) is 4.08. The van der Waals surface area contributed by atoms with E-state index in [0.29, 0.717) is 0 Å². The molecule has 0 saturated carbocycles. The van der Waals surface area contributed by atoms with Crippen molar-refractivity contribution in [2.45, 2.75) is 25.5 Å². The Labute approximate surface area is 117 Å². The third-order valence-corrected chi connectivity index (χ3v) is 3.56. The Morgan fingerprint density at radius 1 is 1.35 bits per heavy atom. The van der Waals surface area contributed by atoms with Gasteiger partial charge < -0.3 is 10.1 Å². The molecule has 0 aliphatic carbocycles. The van der Waals surface area contributed by atoms with Crippen LogP contribution in [0, 0.1) is 5.82 Å². The fourth-order valence-electron chi connectivity index (χ4n) is 2.42. The Balaban J connectivity index is 1.55. The molecule has 1 aromatic carbocycles. The first kappa shape index (κ1) is 13.1. The second-order valence-electron chi connectivity index (χ2n) is 5.08. The van der Waals surface area contributed by atoms with Crippen LogP contribution in [0.25, 0.3) is 0 Å². The van der Waals surface area contributed by atoms with Crippen molar-refractivity contribution in [3.63, 3.8) is 0 Å². The van der Waals surface area contributed by atoms with Crippen LogP contribution >= 0.6 is 0 Å². The molecule has 1 aromatic heterocycles. The summed E-state index contributed by atoms with van der Waals surface area (Å²) in [7, 11) is 0. The topological polar surface area (TPSA) is 34.1 Å². The molecule has 0 fully saturated rings. The lowest BCUT2D eigenvalue weighted by Crippen LogP contribution is -2.32. The smallest absolute Gasteiger partial charge is 0.141 e. The first-order valence-corrected chi connectivity index (χ1v) is 6.82. The maximum atomic E-state index is 12.8. The van der Waals surface area contributed by atoms with Crippen LogP contribution in [0.4, 0.5) is 4.39 Å². The Morgan fingerprint density at radius 3 is 2.95 bits per heavy atom. The van der Waals surface area contributed by atoms with Crippen molar-refractivity contribution in [1.29, 1.82) is 0 Å². The number of halogens is 1. The zero-order valence-corrected chi connectivity index (χ0v) is 11.3. The fourth-order valence-corrected chi connectivity index (χ4v) is 2.42. The highest BCUT2D eigenvalue weighted by molar-refractivity contribution is 5.37. The number of para-hydroxylation sites is 1. The van der Waals surface area contributed by atoms with Gasteiger partial charge in [-0.15, -0.1) is 0 Å². The molecule has 2 heterocycles. The lowest BCUT2D eigenvalue weighted by Gasteiger charge is -2.17. The summed E-state index contributed by atoms with van der Waals surface area (Å²) in [6.07, 6.45) is 2.32. The van der Waals surface area contributed by atoms with Crippen LogP contribution in [-0.2, 0) is 6.42 Å². The molecule has 1 N–H and O–H groups in total. The molecule has 0 bridgehead atoms. The van der Waals surface area contributed by atoms with Crippen molar-refractivity contribution in [2.75, 3.05) is 6.54 Å². The zero-order chi connectivity index (χ0) is 13.9. The van der Waals surface area contributed by atoms with Crippen LogP contribution in [-0.4, -0.2) is 17.6 Å². The number of benzene rings is 1. The van der Waals surface area contributed by atoms with Crippen LogP contribution < -0.4 is 10.1 Å². The van der Waals surface area contributed by atoms with Gasteiger partial charge in [0.2, 0.25) is 0 Å². The summed E-state index contributed by atoms with van der Waals surface area (Å²) >= 11 is 0. The third-order valence-electron chi connectivity index (χ3n) is 3.56. The zero-order valence-electron chi connectivity index (χ0n) is 11.3. The monoisotopic (exact) mass is 272 g/mol. The Morgan fingerprint density at radius 2 is 2.20 bits per heavy atom. The van der Waals surface area contributed by atoms with E-state index in [1.807, 2.05) is 25.1 Å². The van der Waals surface area contributed by atoms with Gasteiger partial charge in [-0.1, -0.05) is 18.2 Å². The van der Waals surface area contributed by atoms with Crippen LogP contribution in [0.15, 0.2) is 42.6 Å². The summed E-state index contributed by atoms with van der Waals surface area (Å²) in [5.74, 6) is 0.669. The van der Waals surface area contributed by atoms with Crippen molar-refractivity contribution in [3.8, 4) is 5.75 Å². The van der Waals surface area contributed by atoms with Gasteiger partial charge in [-0.2, -0.15) is 0 Å². The highest BCUT2D eigenvalue weighted by atomic mass is 19.1. The molecule has 0 saturated heterocycles. The minimum Gasteiger partial charge on any atom is -0.488 e. The average Bonchev–Trinajstić information content (AvgIpc) is 2.88. The SMILES string of the molecule is CC(NCC1Cc2ccccc2O1)c1ccc(F)cn1. The van der Waals surface area contributed by atoms with Gasteiger partial charge in [0.15, 0.2) is 0 Å². The summed E-state index contributed by atoms with van der Waals surface area (Å²) < 4.78 is 18.7. The van der Waals surface area contributed by atoms with E-state index < -0.39 is 0 Å². The van der Waals surface area contributed by atoms with Crippen LogP contribution in [0.2, 0.25) is 0 Å². The Bertz CT molecular complexity index is 560. The van der Waals surface area contributed by atoms with Crippen LogP contribution in [0.1, 0.15) is 24.2 Å². The van der Waals surface area contributed by atoms with Gasteiger partial charge >= 0.3 is 0 Å². The van der Waals surface area contributed by atoms with E-state index in [0.717, 1.165) is 24.4 Å². The van der Waals surface area contributed by atoms with Gasteiger partial charge in [0, 0.05) is 19.0 Å². The number of hydrogen-bond donors (Lipinski definition) is 1. The number of rotatable bonds is 4. The van der Waals surface area contributed by atoms with E-state index in [2.05, 4.69) is 16.4 Å². The van der Waals surface area contributed by atoms with Crippen LogP contribution in [0.5, 0.6) is 5.75 Å². The highest BCUT2D eigenvalue weighted by Crippen LogP contribution is 2.28. The number of ether oxygens (including phenoxy) is 1. The molecule has 20 heavy (non-hydrogen) atoms. The second kappa shape index (κ2) is 5.59. The van der Waals surface area contributed by atoms with Gasteiger partial charge in [0.25, 0.3) is 0 Å². The van der Waals surface area contributed by atoms with Crippen molar-refractivity contribution < 1.29 is 9.13 Å². The number of hydrogen-bond acceptors (Lipinski definition) is 3. The van der Waals surface area contributed by atoms with Gasteiger partial charge in [-0.3, -0.25) is 4.98 Å². The largest absolute Gasteiger partial charge is 0.488 e. The number of fused-ring (bicyclic) bond motifs is 1. The lowest BCUT2D eigenvalue weighted by atomic mass is 10.1. The number of nitrogens with one attached hydrogen (secondary N) is 1. The number of nitrogens with zero attached hydrogens (tertiary/aromatic N) is 1. The maximum absolute atomic E-state index is 12.8. The van der Waals surface area contributed by atoms with Gasteiger partial charge in [-0.25, -0.2) is 4.39 Å². The predicted molar refractivity (Wildman–Crippen MR) is 75.2 cm³/mol.